The molecule has 116 valence electrons. The number of aryl methyl sites for hydroxylation is 1. The minimum atomic E-state index is -0.531. The topological polar surface area (TPSA) is 102 Å². The lowest BCUT2D eigenvalue weighted by Gasteiger charge is -2.06. The van der Waals surface area contributed by atoms with Crippen molar-refractivity contribution in [1.29, 1.82) is 0 Å². The standard InChI is InChI=1S/C15H14N6O2/c1-21-12-5-3-2-4-10(12)18-13(21)8-14(22)19-20-15(23)11-9-16-6-7-17-11/h2-7,9H,8H2,1H3,(H,19,22)(H,20,23). The number of amides is 2. The lowest BCUT2D eigenvalue weighted by atomic mass is 10.3. The molecule has 0 unspecified atom stereocenters. The zero-order valence-electron chi connectivity index (χ0n) is 12.4. The van der Waals surface area contributed by atoms with E-state index in [9.17, 15) is 9.59 Å². The molecule has 0 aliphatic heterocycles. The van der Waals surface area contributed by atoms with Crippen LogP contribution in [0, 0.1) is 0 Å². The summed E-state index contributed by atoms with van der Waals surface area (Å²) in [5, 5.41) is 0. The van der Waals surface area contributed by atoms with Crippen LogP contribution in [0.4, 0.5) is 0 Å². The number of carbonyl (C=O) groups excluding carboxylic acids is 2. The molecule has 0 atom stereocenters. The van der Waals surface area contributed by atoms with Gasteiger partial charge in [-0.25, -0.2) is 9.97 Å². The van der Waals surface area contributed by atoms with Crippen molar-refractivity contribution in [3.05, 3.63) is 54.4 Å². The van der Waals surface area contributed by atoms with Crippen LogP contribution in [0.2, 0.25) is 0 Å². The highest BCUT2D eigenvalue weighted by atomic mass is 16.2. The highest BCUT2D eigenvalue weighted by Gasteiger charge is 2.13. The molecule has 8 heteroatoms. The number of imidazole rings is 1. The molecule has 3 aromatic rings. The fourth-order valence-electron chi connectivity index (χ4n) is 2.15. The monoisotopic (exact) mass is 310 g/mol. The van der Waals surface area contributed by atoms with Gasteiger partial charge in [0.1, 0.15) is 11.5 Å². The molecular weight excluding hydrogens is 296 g/mol. The second-order valence-corrected chi connectivity index (χ2v) is 4.85. The molecule has 0 saturated carbocycles. The van der Waals surface area contributed by atoms with Crippen LogP contribution in [-0.2, 0) is 18.3 Å². The molecule has 2 heterocycles. The molecule has 0 aliphatic rings. The highest BCUT2D eigenvalue weighted by Crippen LogP contribution is 2.14. The van der Waals surface area contributed by atoms with E-state index in [1.54, 1.807) is 0 Å². The zero-order valence-corrected chi connectivity index (χ0v) is 12.4. The van der Waals surface area contributed by atoms with Gasteiger partial charge in [0, 0.05) is 19.4 Å². The van der Waals surface area contributed by atoms with Crippen molar-refractivity contribution in [2.75, 3.05) is 0 Å². The second kappa shape index (κ2) is 6.22. The number of hydrogen-bond acceptors (Lipinski definition) is 5. The first-order chi connectivity index (χ1) is 11.1. The number of aromatic nitrogens is 4. The Balaban J connectivity index is 1.63. The predicted molar refractivity (Wildman–Crippen MR) is 82.1 cm³/mol. The fourth-order valence-corrected chi connectivity index (χ4v) is 2.15. The van der Waals surface area contributed by atoms with Crippen LogP contribution in [0.15, 0.2) is 42.9 Å². The number of rotatable bonds is 3. The Morgan fingerprint density at radius 1 is 1.17 bits per heavy atom. The lowest BCUT2D eigenvalue weighted by Crippen LogP contribution is -2.43. The van der Waals surface area contributed by atoms with E-state index in [-0.39, 0.29) is 18.0 Å². The molecule has 8 nitrogen and oxygen atoms in total. The van der Waals surface area contributed by atoms with Crippen LogP contribution in [0.25, 0.3) is 11.0 Å². The fraction of sp³-hybridized carbons (Fsp3) is 0.133. The van der Waals surface area contributed by atoms with Crippen LogP contribution < -0.4 is 10.9 Å². The molecule has 23 heavy (non-hydrogen) atoms. The van der Waals surface area contributed by atoms with Gasteiger partial charge in [0.25, 0.3) is 5.91 Å². The van der Waals surface area contributed by atoms with E-state index in [4.69, 9.17) is 0 Å². The maximum Gasteiger partial charge on any atom is 0.289 e. The number of para-hydroxylation sites is 2. The van der Waals surface area contributed by atoms with Crippen LogP contribution in [0.3, 0.4) is 0 Å². The summed E-state index contributed by atoms with van der Waals surface area (Å²) in [6.07, 6.45) is 4.22. The Hall–Kier alpha value is -3.29. The minimum absolute atomic E-state index is 0.0475. The van der Waals surface area contributed by atoms with Gasteiger partial charge in [-0.15, -0.1) is 0 Å². The van der Waals surface area contributed by atoms with Crippen LogP contribution >= 0.6 is 0 Å². The summed E-state index contributed by atoms with van der Waals surface area (Å²) in [6.45, 7) is 0. The molecule has 0 fully saturated rings. The molecule has 0 spiro atoms. The first kappa shape index (κ1) is 14.6. The third-order valence-corrected chi connectivity index (χ3v) is 3.31. The molecule has 2 aromatic heterocycles. The number of nitrogens with one attached hydrogen (secondary N) is 2. The van der Waals surface area contributed by atoms with Crippen LogP contribution in [0.1, 0.15) is 16.3 Å². The SMILES string of the molecule is Cn1c(CC(=O)NNC(=O)c2cnccn2)nc2ccccc21. The van der Waals surface area contributed by atoms with Crippen LogP contribution in [0.5, 0.6) is 0 Å². The average molecular weight is 310 g/mol. The maximum atomic E-state index is 12.0. The Morgan fingerprint density at radius 3 is 2.74 bits per heavy atom. The number of nitrogens with zero attached hydrogens (tertiary/aromatic N) is 4. The molecule has 2 N–H and O–H groups in total. The lowest BCUT2D eigenvalue weighted by molar-refractivity contribution is -0.121. The summed E-state index contributed by atoms with van der Waals surface area (Å²) in [6, 6.07) is 7.61. The summed E-state index contributed by atoms with van der Waals surface area (Å²) in [7, 11) is 1.84. The molecule has 2 amide bonds. The van der Waals surface area contributed by atoms with E-state index >= 15 is 0 Å². The smallest absolute Gasteiger partial charge is 0.289 e. The highest BCUT2D eigenvalue weighted by molar-refractivity contribution is 5.93. The van der Waals surface area contributed by atoms with Crippen molar-refractivity contribution >= 4 is 22.8 Å². The van der Waals surface area contributed by atoms with Crippen molar-refractivity contribution in [1.82, 2.24) is 30.4 Å². The zero-order chi connectivity index (χ0) is 16.2. The number of hydrazine groups is 1. The quantitative estimate of drug-likeness (QED) is 0.680. The summed E-state index contributed by atoms with van der Waals surface area (Å²) in [4.78, 5) is 35.8. The van der Waals surface area contributed by atoms with Gasteiger partial charge in [-0.05, 0) is 12.1 Å². The molecule has 0 bridgehead atoms. The molecule has 3 rings (SSSR count). The summed E-state index contributed by atoms with van der Waals surface area (Å²) < 4.78 is 1.85. The van der Waals surface area contributed by atoms with E-state index in [0.717, 1.165) is 11.0 Å². The largest absolute Gasteiger partial charge is 0.331 e. The van der Waals surface area contributed by atoms with Crippen molar-refractivity contribution in [3.63, 3.8) is 0 Å². The van der Waals surface area contributed by atoms with Crippen molar-refractivity contribution in [2.24, 2.45) is 7.05 Å². The second-order valence-electron chi connectivity index (χ2n) is 4.85. The Kier molecular flexibility index (Phi) is 3.96. The molecular formula is C15H14N6O2. The van der Waals surface area contributed by atoms with E-state index in [0.29, 0.717) is 5.82 Å². The summed E-state index contributed by atoms with van der Waals surface area (Å²) in [5.41, 5.74) is 6.52. The van der Waals surface area contributed by atoms with E-state index in [1.807, 2.05) is 35.9 Å². The third-order valence-electron chi connectivity index (χ3n) is 3.31. The Labute approximate surface area is 131 Å². The van der Waals surface area contributed by atoms with Gasteiger partial charge in [-0.2, -0.15) is 0 Å². The van der Waals surface area contributed by atoms with Gasteiger partial charge in [-0.1, -0.05) is 12.1 Å². The predicted octanol–water partition coefficient (Wildman–Crippen LogP) is 0.367. The molecule has 0 radical (unpaired) electrons. The number of fused-ring (bicyclic) bond motifs is 1. The molecule has 0 saturated heterocycles. The van der Waals surface area contributed by atoms with Crippen molar-refractivity contribution < 1.29 is 9.59 Å². The van der Waals surface area contributed by atoms with Gasteiger partial charge >= 0.3 is 0 Å². The Bertz CT molecular complexity index is 859. The maximum absolute atomic E-state index is 12.0. The number of carbonyl (C=O) groups is 2. The number of benzene rings is 1. The first-order valence-electron chi connectivity index (χ1n) is 6.90. The van der Waals surface area contributed by atoms with Gasteiger partial charge < -0.3 is 4.57 Å². The van der Waals surface area contributed by atoms with Gasteiger partial charge in [0.2, 0.25) is 5.91 Å². The first-order valence-corrected chi connectivity index (χ1v) is 6.90. The van der Waals surface area contributed by atoms with Gasteiger partial charge in [-0.3, -0.25) is 25.4 Å². The minimum Gasteiger partial charge on any atom is -0.331 e. The van der Waals surface area contributed by atoms with Gasteiger partial charge in [0.05, 0.1) is 23.7 Å². The van der Waals surface area contributed by atoms with Crippen molar-refractivity contribution in [3.8, 4) is 0 Å². The van der Waals surface area contributed by atoms with E-state index in [2.05, 4.69) is 25.8 Å². The van der Waals surface area contributed by atoms with Gasteiger partial charge in [0.15, 0.2) is 0 Å². The summed E-state index contributed by atoms with van der Waals surface area (Å²) in [5.74, 6) is -0.297. The van der Waals surface area contributed by atoms with E-state index < -0.39 is 5.91 Å². The molecule has 0 aliphatic carbocycles. The average Bonchev–Trinajstić information content (AvgIpc) is 2.90. The molecule has 1 aromatic carbocycles. The van der Waals surface area contributed by atoms with Crippen molar-refractivity contribution in [2.45, 2.75) is 6.42 Å². The number of hydrogen-bond donors (Lipinski definition) is 2. The van der Waals surface area contributed by atoms with E-state index in [1.165, 1.54) is 18.6 Å². The third kappa shape index (κ3) is 3.15. The van der Waals surface area contributed by atoms with Crippen LogP contribution in [-0.4, -0.2) is 31.3 Å². The Morgan fingerprint density at radius 2 is 2.00 bits per heavy atom. The normalized spacial score (nSPS) is 10.5. The summed E-state index contributed by atoms with van der Waals surface area (Å²) >= 11 is 0.